The highest BCUT2D eigenvalue weighted by Gasteiger charge is 2.36. The van der Waals surface area contributed by atoms with Gasteiger partial charge in [0, 0.05) is 15.2 Å². The third-order valence-corrected chi connectivity index (χ3v) is 3.05. The van der Waals surface area contributed by atoms with Crippen LogP contribution in [0, 0.1) is 0 Å². The first-order chi connectivity index (χ1) is 7.59. The van der Waals surface area contributed by atoms with Crippen LogP contribution in [-0.2, 0) is 0 Å². The summed E-state index contributed by atoms with van der Waals surface area (Å²) in [4.78, 5) is 12.1. The molecule has 0 saturated heterocycles. The van der Waals surface area contributed by atoms with E-state index in [1.165, 1.54) is 23.9 Å². The molecule has 1 nitrogen and oxygen atoms in total. The van der Waals surface area contributed by atoms with Gasteiger partial charge in [0.2, 0.25) is 5.78 Å². The lowest BCUT2D eigenvalue weighted by Gasteiger charge is -2.18. The van der Waals surface area contributed by atoms with Gasteiger partial charge in [-0.15, -0.1) is 11.8 Å². The van der Waals surface area contributed by atoms with Gasteiger partial charge < -0.3 is 0 Å². The molecule has 0 fully saturated rings. The van der Waals surface area contributed by atoms with E-state index >= 15 is 0 Å². The van der Waals surface area contributed by atoms with Gasteiger partial charge in [-0.2, -0.15) is 8.78 Å². The Bertz CT molecular complexity index is 421. The number of thioether (sulfide) groups is 1. The molecule has 0 saturated carbocycles. The summed E-state index contributed by atoms with van der Waals surface area (Å²) < 4.78 is 25.3. The number of alkyl halides is 3. The maximum absolute atomic E-state index is 12.7. The van der Waals surface area contributed by atoms with Gasteiger partial charge in [-0.1, -0.05) is 32.9 Å². The number of Topliss-reactive ketones (excluding diaryl/α,β-unsaturated/α-hetero) is 1. The zero-order valence-electron chi connectivity index (χ0n) is 9.76. The first-order valence-corrected chi connectivity index (χ1v) is 6.20. The molecule has 0 heterocycles. The number of carbonyl (C=O) groups excluding carboxylic acids is 1. The van der Waals surface area contributed by atoms with Gasteiger partial charge in [0.05, 0.1) is 0 Å². The van der Waals surface area contributed by atoms with Gasteiger partial charge in [0.15, 0.2) is 0 Å². The number of hydrogen-bond donors (Lipinski definition) is 0. The van der Waals surface area contributed by atoms with Crippen LogP contribution in [-0.4, -0.2) is 15.9 Å². The van der Waals surface area contributed by atoms with Crippen LogP contribution in [0.1, 0.15) is 31.1 Å². The van der Waals surface area contributed by atoms with E-state index in [1.54, 1.807) is 12.1 Å². The SMILES string of the molecule is CC(C)(C)Sc1cccc(C(=O)C(F)(F)Cl)c1. The summed E-state index contributed by atoms with van der Waals surface area (Å²) in [6, 6.07) is 6.13. The van der Waals surface area contributed by atoms with E-state index in [0.29, 0.717) is 0 Å². The van der Waals surface area contributed by atoms with E-state index in [9.17, 15) is 13.6 Å². The Balaban J connectivity index is 2.98. The summed E-state index contributed by atoms with van der Waals surface area (Å²) in [6.07, 6.45) is 0. The molecule has 0 aromatic heterocycles. The van der Waals surface area contributed by atoms with E-state index in [-0.39, 0.29) is 10.3 Å². The van der Waals surface area contributed by atoms with Gasteiger partial charge in [0.1, 0.15) is 0 Å². The molecule has 1 rings (SSSR count). The number of rotatable bonds is 3. The van der Waals surface area contributed by atoms with Crippen molar-refractivity contribution in [1.82, 2.24) is 0 Å². The summed E-state index contributed by atoms with van der Waals surface area (Å²) in [5.74, 6) is -1.37. The molecule has 0 aliphatic heterocycles. The fourth-order valence-corrected chi connectivity index (χ4v) is 2.37. The molecule has 0 aliphatic carbocycles. The Kier molecular flexibility index (Phi) is 4.20. The standard InChI is InChI=1S/C12H13ClF2OS/c1-11(2,3)17-9-6-4-5-8(7-9)10(16)12(13,14)15/h4-7H,1-3H3. The Labute approximate surface area is 109 Å². The normalized spacial score (nSPS) is 12.6. The third-order valence-electron chi connectivity index (χ3n) is 1.78. The van der Waals surface area contributed by atoms with Crippen molar-refractivity contribution in [3.05, 3.63) is 29.8 Å². The van der Waals surface area contributed by atoms with Gasteiger partial charge in [-0.05, 0) is 23.7 Å². The molecule has 1 aromatic rings. The highest BCUT2D eigenvalue weighted by Crippen LogP contribution is 2.33. The Morgan fingerprint density at radius 1 is 1.29 bits per heavy atom. The molecular weight excluding hydrogens is 266 g/mol. The molecular formula is C12H13ClF2OS. The molecule has 0 spiro atoms. The summed E-state index contributed by atoms with van der Waals surface area (Å²) in [7, 11) is 0. The predicted molar refractivity (Wildman–Crippen MR) is 67.2 cm³/mol. The predicted octanol–water partition coefficient (Wildman–Crippen LogP) is 4.59. The van der Waals surface area contributed by atoms with Crippen LogP contribution >= 0.6 is 23.4 Å². The van der Waals surface area contributed by atoms with Crippen molar-refractivity contribution in [2.24, 2.45) is 0 Å². The van der Waals surface area contributed by atoms with Gasteiger partial charge in [0.25, 0.3) is 0 Å². The first kappa shape index (κ1) is 14.5. The van der Waals surface area contributed by atoms with Gasteiger partial charge >= 0.3 is 5.38 Å². The maximum Gasteiger partial charge on any atom is 0.384 e. The summed E-state index contributed by atoms with van der Waals surface area (Å²) in [6.45, 7) is 6.01. The highest BCUT2D eigenvalue weighted by molar-refractivity contribution is 8.00. The first-order valence-electron chi connectivity index (χ1n) is 5.00. The topological polar surface area (TPSA) is 17.1 Å². The smallest absolute Gasteiger partial charge is 0.286 e. The monoisotopic (exact) mass is 278 g/mol. The van der Waals surface area contributed by atoms with Crippen LogP contribution in [0.4, 0.5) is 8.78 Å². The summed E-state index contributed by atoms with van der Waals surface area (Å²) >= 11 is 6.22. The molecule has 5 heteroatoms. The Morgan fingerprint density at radius 2 is 1.88 bits per heavy atom. The maximum atomic E-state index is 12.7. The van der Waals surface area contributed by atoms with Crippen molar-refractivity contribution in [2.75, 3.05) is 0 Å². The quantitative estimate of drug-likeness (QED) is 0.457. The summed E-state index contributed by atoms with van der Waals surface area (Å²) in [5, 5.41) is -3.84. The minimum atomic E-state index is -3.84. The molecule has 1 aromatic carbocycles. The molecule has 0 bridgehead atoms. The van der Waals surface area contributed by atoms with Gasteiger partial charge in [-0.25, -0.2) is 0 Å². The molecule has 0 amide bonds. The fraction of sp³-hybridized carbons (Fsp3) is 0.417. The lowest BCUT2D eigenvalue weighted by atomic mass is 10.1. The number of ketones is 1. The Morgan fingerprint density at radius 3 is 2.35 bits per heavy atom. The van der Waals surface area contributed by atoms with E-state index < -0.39 is 11.2 Å². The van der Waals surface area contributed by atoms with Crippen molar-refractivity contribution in [3.8, 4) is 0 Å². The van der Waals surface area contributed by atoms with E-state index in [1.807, 2.05) is 20.8 Å². The van der Waals surface area contributed by atoms with Crippen molar-refractivity contribution in [2.45, 2.75) is 35.8 Å². The number of hydrogen-bond acceptors (Lipinski definition) is 2. The van der Waals surface area contributed by atoms with Crippen LogP contribution in [0.15, 0.2) is 29.2 Å². The van der Waals surface area contributed by atoms with E-state index in [0.717, 1.165) is 4.90 Å². The van der Waals surface area contributed by atoms with E-state index in [2.05, 4.69) is 0 Å². The zero-order valence-corrected chi connectivity index (χ0v) is 11.3. The summed E-state index contributed by atoms with van der Waals surface area (Å²) in [5.41, 5.74) is -0.0701. The lowest BCUT2D eigenvalue weighted by molar-refractivity contribution is 0.0536. The minimum absolute atomic E-state index is 0.0504. The van der Waals surface area contributed by atoms with E-state index in [4.69, 9.17) is 11.6 Å². The lowest BCUT2D eigenvalue weighted by Crippen LogP contribution is -2.21. The van der Waals surface area contributed by atoms with Gasteiger partial charge in [-0.3, -0.25) is 4.79 Å². The number of halogens is 3. The largest absolute Gasteiger partial charge is 0.384 e. The average molecular weight is 279 g/mol. The van der Waals surface area contributed by atoms with Crippen molar-refractivity contribution >= 4 is 29.1 Å². The van der Waals surface area contributed by atoms with Crippen LogP contribution in [0.2, 0.25) is 0 Å². The van der Waals surface area contributed by atoms with Crippen molar-refractivity contribution < 1.29 is 13.6 Å². The molecule has 0 aliphatic rings. The minimum Gasteiger partial charge on any atom is -0.286 e. The zero-order chi connectivity index (χ0) is 13.3. The third kappa shape index (κ3) is 4.64. The second-order valence-electron chi connectivity index (χ2n) is 4.57. The van der Waals surface area contributed by atoms with Crippen LogP contribution < -0.4 is 0 Å². The Hall–Kier alpha value is -0.610. The number of benzene rings is 1. The van der Waals surface area contributed by atoms with Crippen molar-refractivity contribution in [1.29, 1.82) is 0 Å². The second-order valence-corrected chi connectivity index (χ2v) is 6.94. The average Bonchev–Trinajstić information content (AvgIpc) is 2.12. The molecule has 0 atom stereocenters. The molecule has 0 N–H and O–H groups in total. The van der Waals surface area contributed by atoms with Crippen LogP contribution in [0.5, 0.6) is 0 Å². The fourth-order valence-electron chi connectivity index (χ4n) is 1.22. The van der Waals surface area contributed by atoms with Crippen molar-refractivity contribution in [3.63, 3.8) is 0 Å². The number of carbonyl (C=O) groups is 1. The molecule has 0 unspecified atom stereocenters. The molecule has 17 heavy (non-hydrogen) atoms. The second kappa shape index (κ2) is 4.94. The molecule has 0 radical (unpaired) electrons. The highest BCUT2D eigenvalue weighted by atomic mass is 35.5. The van der Waals surface area contributed by atoms with Crippen LogP contribution in [0.3, 0.4) is 0 Å². The molecule has 94 valence electrons. The van der Waals surface area contributed by atoms with Crippen LogP contribution in [0.25, 0.3) is 0 Å².